The van der Waals surface area contributed by atoms with Gasteiger partial charge in [-0.25, -0.2) is 0 Å². The van der Waals surface area contributed by atoms with Gasteiger partial charge in [-0.05, 0) is 54.4 Å². The number of likely N-dealkylation sites (N-methyl/N-ethyl adjacent to an activating group) is 1. The number of fused-ring (bicyclic) bond motifs is 2. The van der Waals surface area contributed by atoms with Gasteiger partial charge in [0.25, 0.3) is 0 Å². The maximum absolute atomic E-state index is 9.05. The average molecular weight is 353 g/mol. The van der Waals surface area contributed by atoms with Crippen LogP contribution in [0.5, 0.6) is 0 Å². The molecule has 0 aromatic heterocycles. The Balaban J connectivity index is 1.96. The van der Waals surface area contributed by atoms with Crippen molar-refractivity contribution < 1.29 is 5.21 Å². The van der Waals surface area contributed by atoms with Crippen LogP contribution < -0.4 is 10.6 Å². The number of anilines is 1. The smallest absolute Gasteiger partial charge is 0.173 e. The third-order valence-corrected chi connectivity index (χ3v) is 5.51. The normalized spacial score (nSPS) is 27.0. The van der Waals surface area contributed by atoms with Gasteiger partial charge < -0.3 is 15.8 Å². The number of nitrogens with zero attached hydrogens (tertiary/aromatic N) is 3. The van der Waals surface area contributed by atoms with Gasteiger partial charge in [0.2, 0.25) is 0 Å². The van der Waals surface area contributed by atoms with Crippen molar-refractivity contribution >= 4 is 27.5 Å². The van der Waals surface area contributed by atoms with Crippen molar-refractivity contribution in [2.75, 3.05) is 25.0 Å². The summed E-state index contributed by atoms with van der Waals surface area (Å²) >= 11 is 3.52. The van der Waals surface area contributed by atoms with E-state index >= 15 is 0 Å². The first kappa shape index (κ1) is 14.7. The lowest BCUT2D eigenvalue weighted by Crippen LogP contribution is -2.37. The SMILES string of the molecule is CN1C2CCC1CN(c1cccc(Br)c1/C(N)=N/O)CC2. The summed E-state index contributed by atoms with van der Waals surface area (Å²) in [6.07, 6.45) is 3.72. The minimum atomic E-state index is 0.153. The number of halogens is 1. The second-order valence-electron chi connectivity index (χ2n) is 5.90. The zero-order chi connectivity index (χ0) is 15.0. The molecule has 1 aromatic rings. The molecule has 2 aliphatic rings. The molecule has 3 N–H and O–H groups in total. The van der Waals surface area contributed by atoms with E-state index in [2.05, 4.69) is 44.0 Å². The maximum atomic E-state index is 9.05. The Hall–Kier alpha value is -1.27. The minimum absolute atomic E-state index is 0.153. The molecule has 2 unspecified atom stereocenters. The van der Waals surface area contributed by atoms with Gasteiger partial charge in [0.05, 0.1) is 5.56 Å². The van der Waals surface area contributed by atoms with Crippen LogP contribution in [0.4, 0.5) is 5.69 Å². The van der Waals surface area contributed by atoms with E-state index in [-0.39, 0.29) is 5.84 Å². The van der Waals surface area contributed by atoms with Gasteiger partial charge >= 0.3 is 0 Å². The van der Waals surface area contributed by atoms with Gasteiger partial charge in [-0.3, -0.25) is 4.90 Å². The summed E-state index contributed by atoms with van der Waals surface area (Å²) in [4.78, 5) is 4.89. The fourth-order valence-electron chi connectivity index (χ4n) is 3.61. The highest BCUT2D eigenvalue weighted by atomic mass is 79.9. The van der Waals surface area contributed by atoms with Gasteiger partial charge in [-0.1, -0.05) is 11.2 Å². The summed E-state index contributed by atoms with van der Waals surface area (Å²) in [5.74, 6) is 0.153. The first-order chi connectivity index (χ1) is 10.1. The van der Waals surface area contributed by atoms with Crippen molar-refractivity contribution in [2.24, 2.45) is 10.9 Å². The van der Waals surface area contributed by atoms with Crippen LogP contribution in [0.1, 0.15) is 24.8 Å². The molecule has 0 saturated carbocycles. The molecule has 2 bridgehead atoms. The summed E-state index contributed by atoms with van der Waals surface area (Å²) in [5.41, 5.74) is 7.70. The number of benzene rings is 1. The molecule has 2 fully saturated rings. The highest BCUT2D eigenvalue weighted by Crippen LogP contribution is 2.34. The second-order valence-corrected chi connectivity index (χ2v) is 6.76. The van der Waals surface area contributed by atoms with Crippen LogP contribution in [0.3, 0.4) is 0 Å². The predicted octanol–water partition coefficient (Wildman–Crippen LogP) is 2.22. The Labute approximate surface area is 133 Å². The van der Waals surface area contributed by atoms with E-state index in [1.807, 2.05) is 12.1 Å². The average Bonchev–Trinajstić information content (AvgIpc) is 2.71. The van der Waals surface area contributed by atoms with Crippen molar-refractivity contribution in [3.05, 3.63) is 28.2 Å². The van der Waals surface area contributed by atoms with E-state index < -0.39 is 0 Å². The third kappa shape index (κ3) is 2.62. The number of hydrogen-bond donors (Lipinski definition) is 2. The fourth-order valence-corrected chi connectivity index (χ4v) is 4.17. The Morgan fingerprint density at radius 3 is 2.86 bits per heavy atom. The quantitative estimate of drug-likeness (QED) is 0.370. The molecule has 0 radical (unpaired) electrons. The third-order valence-electron chi connectivity index (χ3n) is 4.84. The predicted molar refractivity (Wildman–Crippen MR) is 88.1 cm³/mol. The number of hydrogen-bond acceptors (Lipinski definition) is 4. The number of rotatable bonds is 2. The molecule has 2 heterocycles. The minimum Gasteiger partial charge on any atom is -0.409 e. The van der Waals surface area contributed by atoms with E-state index in [1.165, 1.54) is 12.8 Å². The van der Waals surface area contributed by atoms with Gasteiger partial charge in [-0.2, -0.15) is 0 Å². The highest BCUT2D eigenvalue weighted by Gasteiger charge is 2.35. The van der Waals surface area contributed by atoms with Gasteiger partial charge in [0.15, 0.2) is 5.84 Å². The van der Waals surface area contributed by atoms with E-state index in [0.717, 1.165) is 35.2 Å². The Morgan fingerprint density at radius 1 is 1.33 bits per heavy atom. The topological polar surface area (TPSA) is 65.1 Å². The molecule has 21 heavy (non-hydrogen) atoms. The first-order valence-electron chi connectivity index (χ1n) is 7.35. The van der Waals surface area contributed by atoms with Crippen LogP contribution >= 0.6 is 15.9 Å². The first-order valence-corrected chi connectivity index (χ1v) is 8.14. The monoisotopic (exact) mass is 352 g/mol. The molecular formula is C15H21BrN4O. The largest absolute Gasteiger partial charge is 0.409 e. The molecule has 2 atom stereocenters. The van der Waals surface area contributed by atoms with Crippen LogP contribution in [0.15, 0.2) is 27.8 Å². The van der Waals surface area contributed by atoms with Crippen molar-refractivity contribution in [1.29, 1.82) is 0 Å². The van der Waals surface area contributed by atoms with Crippen molar-refractivity contribution in [1.82, 2.24) is 4.90 Å². The molecule has 5 nitrogen and oxygen atoms in total. The standard InChI is InChI=1S/C15H21BrN4O/c1-19-10-5-6-11(19)9-20(8-7-10)13-4-2-3-12(16)14(13)15(17)18-21/h2-4,10-11,21H,5-9H2,1H3,(H2,17,18). The Morgan fingerprint density at radius 2 is 2.10 bits per heavy atom. The molecule has 114 valence electrons. The zero-order valence-electron chi connectivity index (χ0n) is 12.2. The summed E-state index contributed by atoms with van der Waals surface area (Å²) in [6.45, 7) is 2.00. The fraction of sp³-hybridized carbons (Fsp3) is 0.533. The maximum Gasteiger partial charge on any atom is 0.173 e. The number of amidine groups is 1. The van der Waals surface area contributed by atoms with Gasteiger partial charge in [0, 0.05) is 35.3 Å². The van der Waals surface area contributed by atoms with Crippen molar-refractivity contribution in [2.45, 2.75) is 31.3 Å². The van der Waals surface area contributed by atoms with Crippen molar-refractivity contribution in [3.8, 4) is 0 Å². The van der Waals surface area contributed by atoms with Crippen LogP contribution in [0.25, 0.3) is 0 Å². The molecule has 2 aliphatic heterocycles. The van der Waals surface area contributed by atoms with Crippen LogP contribution in [-0.2, 0) is 0 Å². The van der Waals surface area contributed by atoms with Gasteiger partial charge in [-0.15, -0.1) is 0 Å². The van der Waals surface area contributed by atoms with Crippen molar-refractivity contribution in [3.63, 3.8) is 0 Å². The van der Waals surface area contributed by atoms with E-state index in [4.69, 9.17) is 10.9 Å². The van der Waals surface area contributed by atoms with Gasteiger partial charge in [0.1, 0.15) is 0 Å². The highest BCUT2D eigenvalue weighted by molar-refractivity contribution is 9.10. The van der Waals surface area contributed by atoms with Crippen LogP contribution in [0.2, 0.25) is 0 Å². The molecular weight excluding hydrogens is 332 g/mol. The summed E-state index contributed by atoms with van der Waals surface area (Å²) in [7, 11) is 2.23. The molecule has 0 spiro atoms. The molecule has 1 aromatic carbocycles. The zero-order valence-corrected chi connectivity index (χ0v) is 13.8. The molecule has 2 saturated heterocycles. The number of oxime groups is 1. The lowest BCUT2D eigenvalue weighted by atomic mass is 10.1. The van der Waals surface area contributed by atoms with E-state index in [9.17, 15) is 0 Å². The summed E-state index contributed by atoms with van der Waals surface area (Å²) < 4.78 is 0.859. The lowest BCUT2D eigenvalue weighted by Gasteiger charge is -2.29. The molecule has 0 aliphatic carbocycles. The van der Waals surface area contributed by atoms with Crippen LogP contribution in [0, 0.1) is 0 Å². The summed E-state index contributed by atoms with van der Waals surface area (Å²) in [5, 5.41) is 12.2. The van der Waals surface area contributed by atoms with Crippen LogP contribution in [-0.4, -0.2) is 48.2 Å². The Kier molecular flexibility index (Phi) is 4.08. The molecule has 6 heteroatoms. The Bertz CT molecular complexity index is 563. The van der Waals surface area contributed by atoms with E-state index in [0.29, 0.717) is 12.1 Å². The number of nitrogens with two attached hydrogens (primary N) is 1. The lowest BCUT2D eigenvalue weighted by molar-refractivity contribution is 0.254. The summed E-state index contributed by atoms with van der Waals surface area (Å²) in [6, 6.07) is 7.26. The molecule has 3 rings (SSSR count). The van der Waals surface area contributed by atoms with E-state index in [1.54, 1.807) is 0 Å². The second kappa shape index (κ2) is 5.85. The molecule has 0 amide bonds.